The van der Waals surface area contributed by atoms with E-state index in [9.17, 15) is 21.7 Å². The van der Waals surface area contributed by atoms with Crippen LogP contribution in [0.4, 0.5) is 0 Å². The predicted octanol–water partition coefficient (Wildman–Crippen LogP) is 3.14. The molecule has 4 aliphatic carbocycles. The van der Waals surface area contributed by atoms with Gasteiger partial charge in [0.2, 0.25) is 0 Å². The predicted molar refractivity (Wildman–Crippen MR) is 95.2 cm³/mol. The zero-order chi connectivity index (χ0) is 17.8. The molecule has 0 radical (unpaired) electrons. The topological polar surface area (TPSA) is 94.5 Å². The first-order valence-electron chi connectivity index (χ1n) is 9.85. The van der Waals surface area contributed by atoms with Crippen LogP contribution in [-0.4, -0.2) is 32.2 Å². The fourth-order valence-electron chi connectivity index (χ4n) is 6.73. The van der Waals surface area contributed by atoms with Crippen molar-refractivity contribution in [3.05, 3.63) is 0 Å². The lowest BCUT2D eigenvalue weighted by molar-refractivity contribution is -0.00253. The number of hydrogen-bond acceptors (Lipinski definition) is 4. The van der Waals surface area contributed by atoms with Gasteiger partial charge in [0, 0.05) is 5.25 Å². The minimum Gasteiger partial charge on any atom is -0.772 e. The molecule has 144 valence electrons. The lowest BCUT2D eigenvalue weighted by atomic mass is 9.54. The molecule has 9 atom stereocenters. The van der Waals surface area contributed by atoms with Gasteiger partial charge in [0.25, 0.3) is 10.1 Å². The Morgan fingerprint density at radius 1 is 0.720 bits per heavy atom. The van der Waals surface area contributed by atoms with Gasteiger partial charge in [-0.1, -0.05) is 11.1 Å². The van der Waals surface area contributed by atoms with Crippen LogP contribution in [0.2, 0.25) is 0 Å². The van der Waals surface area contributed by atoms with Gasteiger partial charge in [-0.05, 0) is 99.7 Å². The van der Waals surface area contributed by atoms with E-state index < -0.39 is 26.4 Å². The Kier molecular flexibility index (Phi) is 5.06. The van der Waals surface area contributed by atoms with Crippen LogP contribution >= 0.6 is 0 Å². The molecule has 1 N–H and O–H groups in total. The Morgan fingerprint density at radius 3 is 1.76 bits per heavy atom. The molecule has 0 aromatic carbocycles. The molecule has 0 aromatic rings. The highest BCUT2D eigenvalue weighted by molar-refractivity contribution is 7.86. The second-order valence-corrected chi connectivity index (χ2v) is 12.0. The molecule has 4 aliphatic rings. The summed E-state index contributed by atoms with van der Waals surface area (Å²) in [6.07, 6.45) is 9.52. The van der Waals surface area contributed by atoms with Crippen LogP contribution in [0.5, 0.6) is 0 Å². The summed E-state index contributed by atoms with van der Waals surface area (Å²) in [6.45, 7) is 0. The number of rotatable bonds is 2. The van der Waals surface area contributed by atoms with Crippen LogP contribution in [0.1, 0.15) is 64.2 Å². The van der Waals surface area contributed by atoms with Crippen LogP contribution in [0.25, 0.3) is 0 Å². The van der Waals surface area contributed by atoms with Crippen molar-refractivity contribution in [2.45, 2.75) is 74.7 Å². The first-order chi connectivity index (χ1) is 11.8. The summed E-state index contributed by atoms with van der Waals surface area (Å²) in [7, 11) is -3.90. The lowest BCUT2D eigenvalue weighted by Gasteiger charge is -2.52. The monoisotopic (exact) mass is 389 g/mol. The Bertz CT molecular complexity index is 633. The van der Waals surface area contributed by atoms with E-state index in [1.54, 1.807) is 0 Å². The first-order valence-corrected chi connectivity index (χ1v) is 12.5. The maximum atomic E-state index is 11.5. The van der Waals surface area contributed by atoms with Crippen molar-refractivity contribution in [1.29, 1.82) is 0 Å². The molecular formula is C18H29O5S2-. The van der Waals surface area contributed by atoms with Gasteiger partial charge >= 0.3 is 0 Å². The third kappa shape index (κ3) is 3.71. The standard InChI is InChI=1S/C18H30O5S2/c19-24(20)17-3-1-11-5-14-8-16-10-18(25(21,22)23)4-2-12(16)6-13(14)7-15(11)9-17/h11-18H,1-10H2,(H,19,20)(H,21,22,23)/p-1. The fourth-order valence-corrected chi connectivity index (χ4v) is 8.39. The fraction of sp³-hybridized carbons (Fsp3) is 1.00. The van der Waals surface area contributed by atoms with Gasteiger partial charge in [0.05, 0.1) is 5.25 Å². The second kappa shape index (κ2) is 6.88. The van der Waals surface area contributed by atoms with Crippen molar-refractivity contribution < 1.29 is 21.7 Å². The number of fused-ring (bicyclic) bond motifs is 3. The Morgan fingerprint density at radius 2 is 1.20 bits per heavy atom. The minimum atomic E-state index is -3.90. The van der Waals surface area contributed by atoms with Gasteiger partial charge in [-0.2, -0.15) is 8.42 Å². The van der Waals surface area contributed by atoms with Gasteiger partial charge in [0.15, 0.2) is 0 Å². The summed E-state index contributed by atoms with van der Waals surface area (Å²) in [4.78, 5) is 0. The third-order valence-electron chi connectivity index (χ3n) is 7.97. The SMILES string of the molecule is O=S([O-])C1CCC2CC3CC4CC(S(=O)(=O)O)CCC4CC3CC2C1. The van der Waals surface area contributed by atoms with Crippen LogP contribution in [0, 0.1) is 35.5 Å². The molecular weight excluding hydrogens is 360 g/mol. The van der Waals surface area contributed by atoms with E-state index >= 15 is 0 Å². The molecule has 0 aromatic heterocycles. The number of hydrogen-bond donors (Lipinski definition) is 1. The smallest absolute Gasteiger partial charge is 0.267 e. The van der Waals surface area contributed by atoms with Crippen LogP contribution < -0.4 is 0 Å². The lowest BCUT2D eigenvalue weighted by Crippen LogP contribution is -2.45. The zero-order valence-electron chi connectivity index (χ0n) is 14.6. The normalized spacial score (nSPS) is 48.7. The highest BCUT2D eigenvalue weighted by Crippen LogP contribution is 2.55. The van der Waals surface area contributed by atoms with Crippen molar-refractivity contribution in [2.75, 3.05) is 0 Å². The van der Waals surface area contributed by atoms with Crippen LogP contribution in [-0.2, 0) is 21.2 Å². The van der Waals surface area contributed by atoms with Gasteiger partial charge < -0.3 is 4.55 Å². The van der Waals surface area contributed by atoms with E-state index in [1.165, 1.54) is 19.3 Å². The molecule has 4 rings (SSSR count). The van der Waals surface area contributed by atoms with Crippen molar-refractivity contribution in [2.24, 2.45) is 35.5 Å². The van der Waals surface area contributed by atoms with E-state index in [2.05, 4.69) is 0 Å². The van der Waals surface area contributed by atoms with Gasteiger partial charge in [-0.25, -0.2) is 0 Å². The molecule has 0 spiro atoms. The highest BCUT2D eigenvalue weighted by atomic mass is 32.2. The molecule has 9 unspecified atom stereocenters. The summed E-state index contributed by atoms with van der Waals surface area (Å²) in [5, 5.41) is -0.691. The summed E-state index contributed by atoms with van der Waals surface area (Å²) in [5.41, 5.74) is 0. The maximum Gasteiger partial charge on any atom is 0.267 e. The van der Waals surface area contributed by atoms with Crippen molar-refractivity contribution in [3.8, 4) is 0 Å². The molecule has 4 saturated carbocycles. The Balaban J connectivity index is 1.42. The average molecular weight is 390 g/mol. The van der Waals surface area contributed by atoms with Crippen molar-refractivity contribution in [3.63, 3.8) is 0 Å². The average Bonchev–Trinajstić information content (AvgIpc) is 2.56. The quantitative estimate of drug-likeness (QED) is 0.578. The molecule has 25 heavy (non-hydrogen) atoms. The van der Waals surface area contributed by atoms with Crippen LogP contribution in [0.3, 0.4) is 0 Å². The molecule has 0 bridgehead atoms. The molecule has 0 saturated heterocycles. The van der Waals surface area contributed by atoms with Crippen molar-refractivity contribution in [1.82, 2.24) is 0 Å². The Hall–Kier alpha value is 0.0200. The van der Waals surface area contributed by atoms with E-state index in [-0.39, 0.29) is 5.25 Å². The van der Waals surface area contributed by atoms with Crippen molar-refractivity contribution >= 4 is 21.2 Å². The highest BCUT2D eigenvalue weighted by Gasteiger charge is 2.47. The summed E-state index contributed by atoms with van der Waals surface area (Å²) in [6, 6.07) is 0. The summed E-state index contributed by atoms with van der Waals surface area (Å²) in [5.74, 6) is 3.66. The largest absolute Gasteiger partial charge is 0.772 e. The first kappa shape index (κ1) is 18.4. The molecule has 5 nitrogen and oxygen atoms in total. The molecule has 0 aliphatic heterocycles. The van der Waals surface area contributed by atoms with E-state index in [4.69, 9.17) is 0 Å². The summed E-state index contributed by atoms with van der Waals surface area (Å²) >= 11 is -1.93. The Labute approximate surface area is 153 Å². The minimum absolute atomic E-state index is 0.140. The third-order valence-corrected chi connectivity index (χ3v) is 10.2. The zero-order valence-corrected chi connectivity index (χ0v) is 16.2. The van der Waals surface area contributed by atoms with Gasteiger partial charge in [0.1, 0.15) is 0 Å². The molecule has 7 heteroatoms. The van der Waals surface area contributed by atoms with Gasteiger partial charge in [-0.3, -0.25) is 8.76 Å². The maximum absolute atomic E-state index is 11.5. The van der Waals surface area contributed by atoms with Gasteiger partial charge in [-0.15, -0.1) is 0 Å². The molecule has 0 heterocycles. The van der Waals surface area contributed by atoms with Crippen LogP contribution in [0.15, 0.2) is 0 Å². The van der Waals surface area contributed by atoms with E-state index in [0.717, 1.165) is 32.1 Å². The van der Waals surface area contributed by atoms with E-state index in [0.29, 0.717) is 48.3 Å². The second-order valence-electron chi connectivity index (χ2n) is 9.15. The summed E-state index contributed by atoms with van der Waals surface area (Å²) < 4.78 is 55.1. The molecule has 0 amide bonds. The molecule has 4 fully saturated rings. The van der Waals surface area contributed by atoms with E-state index in [1.807, 2.05) is 0 Å².